The second kappa shape index (κ2) is 6.30. The van der Waals surface area contributed by atoms with Gasteiger partial charge in [-0.2, -0.15) is 0 Å². The van der Waals surface area contributed by atoms with Gasteiger partial charge in [-0.1, -0.05) is 12.1 Å². The van der Waals surface area contributed by atoms with E-state index in [1.54, 1.807) is 6.92 Å². The van der Waals surface area contributed by atoms with E-state index in [0.717, 1.165) is 6.07 Å². The van der Waals surface area contributed by atoms with Gasteiger partial charge in [0.15, 0.2) is 11.6 Å². The molecule has 1 atom stereocenters. The van der Waals surface area contributed by atoms with Crippen molar-refractivity contribution in [2.24, 2.45) is 5.73 Å². The average Bonchev–Trinajstić information content (AvgIpc) is 2.31. The molecule has 0 bridgehead atoms. The van der Waals surface area contributed by atoms with E-state index in [-0.39, 0.29) is 30.4 Å². The third-order valence-electron chi connectivity index (χ3n) is 2.41. The minimum Gasteiger partial charge on any atom is -0.352 e. The number of nitrogens with two attached hydrogens (primary N) is 1. The number of hydrogen-bond acceptors (Lipinski definition) is 2. The average molecular weight is 242 g/mol. The summed E-state index contributed by atoms with van der Waals surface area (Å²) in [5, 5.41) is 2.65. The number of aryl methyl sites for hydroxylation is 1. The van der Waals surface area contributed by atoms with Crippen molar-refractivity contribution in [3.63, 3.8) is 0 Å². The van der Waals surface area contributed by atoms with Gasteiger partial charge in [0.05, 0.1) is 0 Å². The first-order chi connectivity index (χ1) is 8.04. The lowest BCUT2D eigenvalue weighted by atomic mass is 10.1. The molecule has 0 spiro atoms. The lowest BCUT2D eigenvalue weighted by Crippen LogP contribution is -2.37. The Morgan fingerprint density at radius 2 is 2.18 bits per heavy atom. The highest BCUT2D eigenvalue weighted by molar-refractivity contribution is 5.76. The molecular weight excluding hydrogens is 226 g/mol. The molecule has 5 heteroatoms. The maximum absolute atomic E-state index is 13.3. The first-order valence-electron chi connectivity index (χ1n) is 5.47. The molecule has 0 heterocycles. The Morgan fingerprint density at radius 1 is 1.47 bits per heavy atom. The van der Waals surface area contributed by atoms with Crippen molar-refractivity contribution < 1.29 is 13.6 Å². The molecule has 0 aliphatic carbocycles. The van der Waals surface area contributed by atoms with Crippen LogP contribution in [-0.4, -0.2) is 18.5 Å². The first-order valence-corrected chi connectivity index (χ1v) is 5.47. The van der Waals surface area contributed by atoms with Crippen LogP contribution >= 0.6 is 0 Å². The number of carbonyl (C=O) groups excluding carboxylic acids is 1. The van der Waals surface area contributed by atoms with E-state index < -0.39 is 11.6 Å². The predicted molar refractivity (Wildman–Crippen MR) is 61.3 cm³/mol. The normalized spacial score (nSPS) is 12.2. The van der Waals surface area contributed by atoms with Crippen molar-refractivity contribution in [1.82, 2.24) is 5.32 Å². The molecule has 1 aromatic rings. The van der Waals surface area contributed by atoms with Gasteiger partial charge >= 0.3 is 0 Å². The quantitative estimate of drug-likeness (QED) is 0.819. The lowest BCUT2D eigenvalue weighted by Gasteiger charge is -2.11. The second-order valence-electron chi connectivity index (χ2n) is 3.92. The minimum absolute atomic E-state index is 0.111. The highest BCUT2D eigenvalue weighted by Crippen LogP contribution is 2.12. The number of rotatable bonds is 5. The standard InChI is InChI=1S/C12H16F2N2O/c1-8(7-15)16-11(17)6-5-9-3-2-4-10(13)12(9)14/h2-4,8H,5-7,15H2,1H3,(H,16,17)/t8-/m0/s1. The Balaban J connectivity index is 2.50. The van der Waals surface area contributed by atoms with E-state index in [0.29, 0.717) is 6.54 Å². The monoisotopic (exact) mass is 242 g/mol. The zero-order chi connectivity index (χ0) is 12.8. The van der Waals surface area contributed by atoms with Crippen molar-refractivity contribution in [1.29, 1.82) is 0 Å². The number of amides is 1. The fourth-order valence-electron chi connectivity index (χ4n) is 1.40. The van der Waals surface area contributed by atoms with Crippen LogP contribution in [0.15, 0.2) is 18.2 Å². The molecule has 3 N–H and O–H groups in total. The molecule has 1 aromatic carbocycles. The van der Waals surface area contributed by atoms with E-state index in [9.17, 15) is 13.6 Å². The van der Waals surface area contributed by atoms with Crippen LogP contribution in [0.2, 0.25) is 0 Å². The highest BCUT2D eigenvalue weighted by Gasteiger charge is 2.10. The Labute approximate surface area is 99.0 Å². The van der Waals surface area contributed by atoms with Gasteiger partial charge in [0.2, 0.25) is 5.91 Å². The van der Waals surface area contributed by atoms with Crippen LogP contribution in [-0.2, 0) is 11.2 Å². The summed E-state index contributed by atoms with van der Waals surface area (Å²) in [6, 6.07) is 3.83. The van der Waals surface area contributed by atoms with E-state index in [1.807, 2.05) is 0 Å². The summed E-state index contributed by atoms with van der Waals surface area (Å²) in [6.45, 7) is 2.13. The fourth-order valence-corrected chi connectivity index (χ4v) is 1.40. The lowest BCUT2D eigenvalue weighted by molar-refractivity contribution is -0.121. The Morgan fingerprint density at radius 3 is 2.82 bits per heavy atom. The van der Waals surface area contributed by atoms with Crippen LogP contribution in [0.3, 0.4) is 0 Å². The van der Waals surface area contributed by atoms with E-state index >= 15 is 0 Å². The van der Waals surface area contributed by atoms with Crippen molar-refractivity contribution in [2.45, 2.75) is 25.8 Å². The Kier molecular flexibility index (Phi) is 5.03. The summed E-state index contributed by atoms with van der Waals surface area (Å²) in [5.41, 5.74) is 5.56. The van der Waals surface area contributed by atoms with Crippen LogP contribution in [0.1, 0.15) is 18.9 Å². The Hall–Kier alpha value is -1.49. The molecule has 0 aliphatic heterocycles. The molecule has 94 valence electrons. The topological polar surface area (TPSA) is 55.1 Å². The van der Waals surface area contributed by atoms with Crippen LogP contribution in [0.4, 0.5) is 8.78 Å². The summed E-state index contributed by atoms with van der Waals surface area (Å²) in [7, 11) is 0. The zero-order valence-electron chi connectivity index (χ0n) is 9.67. The number of hydrogen-bond donors (Lipinski definition) is 2. The second-order valence-corrected chi connectivity index (χ2v) is 3.92. The molecule has 0 saturated carbocycles. The Bertz CT molecular complexity index is 396. The maximum Gasteiger partial charge on any atom is 0.220 e. The summed E-state index contributed by atoms with van der Waals surface area (Å²) < 4.78 is 26.1. The summed E-state index contributed by atoms with van der Waals surface area (Å²) >= 11 is 0. The third kappa shape index (κ3) is 4.11. The van der Waals surface area contributed by atoms with Crippen molar-refractivity contribution in [3.05, 3.63) is 35.4 Å². The molecule has 0 aliphatic rings. The number of benzene rings is 1. The first kappa shape index (κ1) is 13.6. The molecule has 3 nitrogen and oxygen atoms in total. The summed E-state index contributed by atoms with van der Waals surface area (Å²) in [6.07, 6.45) is 0.289. The largest absolute Gasteiger partial charge is 0.352 e. The van der Waals surface area contributed by atoms with E-state index in [2.05, 4.69) is 5.32 Å². The summed E-state index contributed by atoms with van der Waals surface area (Å²) in [4.78, 5) is 11.4. The fraction of sp³-hybridized carbons (Fsp3) is 0.417. The molecule has 0 unspecified atom stereocenters. The van der Waals surface area contributed by atoms with Crippen molar-refractivity contribution in [3.8, 4) is 0 Å². The molecule has 0 saturated heterocycles. The molecule has 1 amide bonds. The number of nitrogens with one attached hydrogen (secondary N) is 1. The SMILES string of the molecule is C[C@@H](CN)NC(=O)CCc1cccc(F)c1F. The van der Waals surface area contributed by atoms with Crippen LogP contribution in [0.25, 0.3) is 0 Å². The van der Waals surface area contributed by atoms with Gasteiger partial charge in [-0.25, -0.2) is 8.78 Å². The van der Waals surface area contributed by atoms with Crippen LogP contribution < -0.4 is 11.1 Å². The maximum atomic E-state index is 13.3. The van der Waals surface area contributed by atoms with Gasteiger partial charge in [-0.15, -0.1) is 0 Å². The third-order valence-corrected chi connectivity index (χ3v) is 2.41. The molecular formula is C12H16F2N2O. The number of halogens is 2. The zero-order valence-corrected chi connectivity index (χ0v) is 9.67. The molecule has 0 radical (unpaired) electrons. The van der Waals surface area contributed by atoms with Crippen LogP contribution in [0.5, 0.6) is 0 Å². The van der Waals surface area contributed by atoms with Crippen molar-refractivity contribution in [2.75, 3.05) is 6.54 Å². The van der Waals surface area contributed by atoms with E-state index in [1.165, 1.54) is 12.1 Å². The van der Waals surface area contributed by atoms with Gasteiger partial charge in [0.1, 0.15) is 0 Å². The van der Waals surface area contributed by atoms with Gasteiger partial charge in [0.25, 0.3) is 0 Å². The predicted octanol–water partition coefficient (Wildman–Crippen LogP) is 1.36. The minimum atomic E-state index is -0.891. The van der Waals surface area contributed by atoms with Crippen molar-refractivity contribution >= 4 is 5.91 Å². The smallest absolute Gasteiger partial charge is 0.220 e. The van der Waals surface area contributed by atoms with Crippen LogP contribution in [0, 0.1) is 11.6 Å². The van der Waals surface area contributed by atoms with Gasteiger partial charge < -0.3 is 11.1 Å². The molecule has 0 fully saturated rings. The molecule has 1 rings (SSSR count). The summed E-state index contributed by atoms with van der Waals surface area (Å²) in [5.74, 6) is -1.99. The number of carbonyl (C=O) groups is 1. The van der Waals surface area contributed by atoms with Gasteiger partial charge in [0, 0.05) is 19.0 Å². The molecule has 0 aromatic heterocycles. The highest BCUT2D eigenvalue weighted by atomic mass is 19.2. The van der Waals surface area contributed by atoms with E-state index in [4.69, 9.17) is 5.73 Å². The van der Waals surface area contributed by atoms with Gasteiger partial charge in [-0.05, 0) is 25.0 Å². The van der Waals surface area contributed by atoms with Gasteiger partial charge in [-0.3, -0.25) is 4.79 Å². The molecule has 17 heavy (non-hydrogen) atoms.